The van der Waals surface area contributed by atoms with Crippen molar-refractivity contribution in [3.8, 4) is 23.3 Å². The Morgan fingerprint density at radius 3 is 2.50 bits per heavy atom. The van der Waals surface area contributed by atoms with Crippen molar-refractivity contribution >= 4 is 0 Å². The van der Waals surface area contributed by atoms with Gasteiger partial charge in [0.25, 0.3) is 0 Å². The molecule has 2 rings (SSSR count). The van der Waals surface area contributed by atoms with E-state index < -0.39 is 0 Å². The minimum atomic E-state index is 0.340. The van der Waals surface area contributed by atoms with E-state index in [1.54, 1.807) is 7.11 Å². The summed E-state index contributed by atoms with van der Waals surface area (Å²) >= 11 is 0. The third kappa shape index (κ3) is 3.78. The number of ether oxygens (including phenoxy) is 2. The van der Waals surface area contributed by atoms with Gasteiger partial charge in [0.2, 0.25) is 0 Å². The molecule has 0 amide bonds. The van der Waals surface area contributed by atoms with Crippen LogP contribution in [-0.2, 0) is 6.61 Å². The van der Waals surface area contributed by atoms with Gasteiger partial charge in [-0.25, -0.2) is 0 Å². The normalized spacial score (nSPS) is 9.50. The number of hydrogen-bond acceptors (Lipinski definition) is 3. The molecule has 0 bridgehead atoms. The fourth-order valence-corrected chi connectivity index (χ4v) is 1.72. The van der Waals surface area contributed by atoms with Crippen LogP contribution in [0.4, 0.5) is 0 Å². The highest BCUT2D eigenvalue weighted by atomic mass is 16.5. The summed E-state index contributed by atoms with van der Waals surface area (Å²) in [7, 11) is 1.65. The average molecular weight is 267 g/mol. The molecule has 0 aromatic heterocycles. The predicted molar refractivity (Wildman–Crippen MR) is 79.7 cm³/mol. The summed E-state index contributed by atoms with van der Waals surface area (Å²) in [6.07, 6.45) is 0. The predicted octanol–water partition coefficient (Wildman–Crippen LogP) is 2.58. The van der Waals surface area contributed by atoms with Crippen LogP contribution in [0.25, 0.3) is 0 Å². The second-order valence-electron chi connectivity index (χ2n) is 4.14. The lowest BCUT2D eigenvalue weighted by Gasteiger charge is -2.08. The molecule has 0 saturated carbocycles. The Balaban J connectivity index is 2.06. The minimum Gasteiger partial charge on any atom is -0.497 e. The van der Waals surface area contributed by atoms with Crippen molar-refractivity contribution in [3.63, 3.8) is 0 Å². The van der Waals surface area contributed by atoms with Gasteiger partial charge in [-0.05, 0) is 29.8 Å². The molecular weight excluding hydrogens is 250 g/mol. The largest absolute Gasteiger partial charge is 0.497 e. The summed E-state index contributed by atoms with van der Waals surface area (Å²) in [6.45, 7) is 0.831. The molecule has 0 unspecified atom stereocenters. The van der Waals surface area contributed by atoms with Crippen molar-refractivity contribution in [2.75, 3.05) is 13.7 Å². The standard InChI is InChI=1S/C17H17NO2/c1-19-16-10-8-14(9-11-16)13-20-17-7-3-2-5-15(17)6-4-12-18/h2-3,5,7-11H,12-13,18H2,1H3. The summed E-state index contributed by atoms with van der Waals surface area (Å²) in [6, 6.07) is 15.5. The van der Waals surface area contributed by atoms with Crippen molar-refractivity contribution in [2.24, 2.45) is 5.73 Å². The first kappa shape index (κ1) is 14.0. The quantitative estimate of drug-likeness (QED) is 0.866. The molecule has 0 aliphatic carbocycles. The van der Waals surface area contributed by atoms with Crippen LogP contribution in [0.2, 0.25) is 0 Å². The van der Waals surface area contributed by atoms with Gasteiger partial charge < -0.3 is 15.2 Å². The molecule has 0 aliphatic rings. The number of rotatable bonds is 4. The summed E-state index contributed by atoms with van der Waals surface area (Å²) in [5.74, 6) is 7.45. The summed E-state index contributed by atoms with van der Waals surface area (Å²) in [5, 5.41) is 0. The molecule has 2 N–H and O–H groups in total. The molecule has 102 valence electrons. The zero-order chi connectivity index (χ0) is 14.2. The van der Waals surface area contributed by atoms with E-state index in [4.69, 9.17) is 15.2 Å². The first-order chi connectivity index (χ1) is 9.83. The maximum atomic E-state index is 5.81. The molecule has 0 saturated heterocycles. The van der Waals surface area contributed by atoms with Crippen molar-refractivity contribution in [1.82, 2.24) is 0 Å². The fourth-order valence-electron chi connectivity index (χ4n) is 1.72. The topological polar surface area (TPSA) is 44.5 Å². The van der Waals surface area contributed by atoms with Gasteiger partial charge >= 0.3 is 0 Å². The number of nitrogens with two attached hydrogens (primary N) is 1. The number of methoxy groups -OCH3 is 1. The Labute approximate surface area is 119 Å². The minimum absolute atomic E-state index is 0.340. The molecule has 3 nitrogen and oxygen atoms in total. The Bertz CT molecular complexity index is 609. The third-order valence-electron chi connectivity index (χ3n) is 2.77. The van der Waals surface area contributed by atoms with Gasteiger partial charge in [-0.3, -0.25) is 0 Å². The van der Waals surface area contributed by atoms with Crippen LogP contribution >= 0.6 is 0 Å². The van der Waals surface area contributed by atoms with Gasteiger partial charge in [-0.15, -0.1) is 0 Å². The Hall–Kier alpha value is -2.44. The van der Waals surface area contributed by atoms with Crippen molar-refractivity contribution in [2.45, 2.75) is 6.61 Å². The van der Waals surface area contributed by atoms with Gasteiger partial charge in [0, 0.05) is 0 Å². The maximum Gasteiger partial charge on any atom is 0.135 e. The molecular formula is C17H17NO2. The molecule has 20 heavy (non-hydrogen) atoms. The SMILES string of the molecule is COc1ccc(COc2ccccc2C#CCN)cc1. The molecule has 0 heterocycles. The van der Waals surface area contributed by atoms with E-state index in [1.807, 2.05) is 48.5 Å². The second kappa shape index (κ2) is 7.22. The first-order valence-electron chi connectivity index (χ1n) is 6.37. The molecule has 0 aliphatic heterocycles. The smallest absolute Gasteiger partial charge is 0.135 e. The highest BCUT2D eigenvalue weighted by molar-refractivity contribution is 5.46. The molecule has 3 heteroatoms. The lowest BCUT2D eigenvalue weighted by molar-refractivity contribution is 0.305. The van der Waals surface area contributed by atoms with Crippen molar-refractivity contribution in [3.05, 3.63) is 59.7 Å². The summed E-state index contributed by atoms with van der Waals surface area (Å²) in [5.41, 5.74) is 7.32. The zero-order valence-corrected chi connectivity index (χ0v) is 11.4. The number of para-hydroxylation sites is 1. The van der Waals surface area contributed by atoms with Crippen LogP contribution in [0, 0.1) is 11.8 Å². The summed E-state index contributed by atoms with van der Waals surface area (Å²) in [4.78, 5) is 0. The number of benzene rings is 2. The van der Waals surface area contributed by atoms with E-state index in [2.05, 4.69) is 11.8 Å². The van der Waals surface area contributed by atoms with Crippen LogP contribution in [0.5, 0.6) is 11.5 Å². The van der Waals surface area contributed by atoms with Crippen molar-refractivity contribution in [1.29, 1.82) is 0 Å². The molecule has 0 spiro atoms. The maximum absolute atomic E-state index is 5.81. The van der Waals surface area contributed by atoms with Crippen LogP contribution in [0.1, 0.15) is 11.1 Å². The molecule has 0 atom stereocenters. The van der Waals surface area contributed by atoms with E-state index in [9.17, 15) is 0 Å². The van der Waals surface area contributed by atoms with Crippen LogP contribution < -0.4 is 15.2 Å². The van der Waals surface area contributed by atoms with Crippen LogP contribution in [0.15, 0.2) is 48.5 Å². The Morgan fingerprint density at radius 2 is 1.80 bits per heavy atom. The monoisotopic (exact) mass is 267 g/mol. The molecule has 2 aromatic rings. The van der Waals surface area contributed by atoms with E-state index in [0.29, 0.717) is 13.2 Å². The van der Waals surface area contributed by atoms with Gasteiger partial charge in [0.1, 0.15) is 18.1 Å². The van der Waals surface area contributed by atoms with E-state index in [-0.39, 0.29) is 0 Å². The zero-order valence-electron chi connectivity index (χ0n) is 11.4. The van der Waals surface area contributed by atoms with E-state index in [1.165, 1.54) is 0 Å². The molecule has 2 aromatic carbocycles. The highest BCUT2D eigenvalue weighted by Crippen LogP contribution is 2.19. The summed E-state index contributed by atoms with van der Waals surface area (Å²) < 4.78 is 10.9. The fraction of sp³-hybridized carbons (Fsp3) is 0.176. The van der Waals surface area contributed by atoms with Gasteiger partial charge in [0.05, 0.1) is 19.2 Å². The first-order valence-corrected chi connectivity index (χ1v) is 6.37. The van der Waals surface area contributed by atoms with Crippen molar-refractivity contribution < 1.29 is 9.47 Å². The lowest BCUT2D eigenvalue weighted by Crippen LogP contribution is -1.98. The highest BCUT2D eigenvalue weighted by Gasteiger charge is 2.01. The van der Waals surface area contributed by atoms with Crippen LogP contribution in [0.3, 0.4) is 0 Å². The molecule has 0 radical (unpaired) electrons. The van der Waals surface area contributed by atoms with Gasteiger partial charge in [0.15, 0.2) is 0 Å². The van der Waals surface area contributed by atoms with Gasteiger partial charge in [-0.2, -0.15) is 0 Å². The van der Waals surface area contributed by atoms with E-state index >= 15 is 0 Å². The van der Waals surface area contributed by atoms with E-state index in [0.717, 1.165) is 22.6 Å². The Kier molecular flexibility index (Phi) is 5.05. The average Bonchev–Trinajstić information content (AvgIpc) is 2.52. The molecule has 0 fully saturated rings. The van der Waals surface area contributed by atoms with Gasteiger partial charge in [-0.1, -0.05) is 36.1 Å². The van der Waals surface area contributed by atoms with Crippen LogP contribution in [-0.4, -0.2) is 13.7 Å². The Morgan fingerprint density at radius 1 is 1.05 bits per heavy atom. The third-order valence-corrected chi connectivity index (χ3v) is 2.77. The second-order valence-corrected chi connectivity index (χ2v) is 4.14. The number of hydrogen-bond donors (Lipinski definition) is 1. The lowest BCUT2D eigenvalue weighted by atomic mass is 10.2.